The molecule has 6 heteroatoms. The molecule has 0 saturated carbocycles. The fourth-order valence-electron chi connectivity index (χ4n) is 2.96. The van der Waals surface area contributed by atoms with E-state index >= 15 is 0 Å². The highest BCUT2D eigenvalue weighted by atomic mass is 16.6. The van der Waals surface area contributed by atoms with Crippen molar-refractivity contribution >= 4 is 12.2 Å². The van der Waals surface area contributed by atoms with Gasteiger partial charge in [0.15, 0.2) is 0 Å². The smallest absolute Gasteiger partial charge is 0.433 e. The van der Waals surface area contributed by atoms with E-state index < -0.39 is 12.2 Å². The summed E-state index contributed by atoms with van der Waals surface area (Å²) >= 11 is 0. The second kappa shape index (κ2) is 7.87. The third kappa shape index (κ3) is 2.96. The summed E-state index contributed by atoms with van der Waals surface area (Å²) in [6, 6.07) is 0. The molecule has 124 valence electrons. The zero-order valence-electron chi connectivity index (χ0n) is 14.4. The second-order valence-electron chi connectivity index (χ2n) is 4.83. The lowest BCUT2D eigenvalue weighted by molar-refractivity contribution is 0.0219. The molecule has 0 bridgehead atoms. The monoisotopic (exact) mass is 310 g/mol. The molecule has 0 aliphatic carbocycles. The van der Waals surface area contributed by atoms with Gasteiger partial charge < -0.3 is 9.47 Å². The number of rotatable bonds is 4. The van der Waals surface area contributed by atoms with Crippen LogP contribution in [-0.2, 0) is 9.47 Å². The molecule has 0 aromatic heterocycles. The van der Waals surface area contributed by atoms with Crippen LogP contribution in [0.2, 0.25) is 0 Å². The van der Waals surface area contributed by atoms with Gasteiger partial charge in [0.05, 0.1) is 25.6 Å². The Bertz CT molecular complexity index is 462. The molecule has 22 heavy (non-hydrogen) atoms. The van der Waals surface area contributed by atoms with E-state index in [0.717, 1.165) is 35.4 Å². The highest BCUT2D eigenvalue weighted by molar-refractivity contribution is 5.79. The van der Waals surface area contributed by atoms with Gasteiger partial charge in [-0.2, -0.15) is 10.0 Å². The van der Waals surface area contributed by atoms with E-state index in [4.69, 9.17) is 9.47 Å². The van der Waals surface area contributed by atoms with Gasteiger partial charge in [0.1, 0.15) is 0 Å². The molecule has 2 amide bonds. The van der Waals surface area contributed by atoms with Crippen LogP contribution >= 0.6 is 0 Å². The summed E-state index contributed by atoms with van der Waals surface area (Å²) in [7, 11) is 2.61. The molecule has 0 aromatic rings. The Labute approximate surface area is 132 Å². The molecule has 1 rings (SSSR count). The molecule has 1 aliphatic heterocycles. The van der Waals surface area contributed by atoms with Gasteiger partial charge in [-0.05, 0) is 36.8 Å². The number of hydrogen-bond donors (Lipinski definition) is 0. The summed E-state index contributed by atoms with van der Waals surface area (Å²) in [5.74, 6) is 0. The molecule has 1 aliphatic rings. The topological polar surface area (TPSA) is 59.1 Å². The van der Waals surface area contributed by atoms with Crippen LogP contribution in [0.1, 0.15) is 53.4 Å². The molecule has 0 radical (unpaired) electrons. The summed E-state index contributed by atoms with van der Waals surface area (Å²) in [4.78, 5) is 24.6. The summed E-state index contributed by atoms with van der Waals surface area (Å²) in [5, 5.41) is 2.62. The van der Waals surface area contributed by atoms with Gasteiger partial charge in [0.25, 0.3) is 0 Å². The van der Waals surface area contributed by atoms with E-state index in [9.17, 15) is 9.59 Å². The normalized spacial score (nSPS) is 15.4. The van der Waals surface area contributed by atoms with Crippen LogP contribution in [0.25, 0.3) is 0 Å². The van der Waals surface area contributed by atoms with Crippen molar-refractivity contribution in [2.75, 3.05) is 14.2 Å². The largest absolute Gasteiger partial charge is 0.451 e. The average molecular weight is 310 g/mol. The molecule has 0 aromatic carbocycles. The quantitative estimate of drug-likeness (QED) is 0.781. The molecule has 0 spiro atoms. The fourth-order valence-corrected chi connectivity index (χ4v) is 2.96. The predicted octanol–water partition coefficient (Wildman–Crippen LogP) is 4.20. The molecule has 0 atom stereocenters. The van der Waals surface area contributed by atoms with Gasteiger partial charge in [0.2, 0.25) is 0 Å². The van der Waals surface area contributed by atoms with Gasteiger partial charge in [-0.3, -0.25) is 0 Å². The zero-order chi connectivity index (χ0) is 16.9. The van der Waals surface area contributed by atoms with Crippen molar-refractivity contribution in [2.24, 2.45) is 0 Å². The maximum absolute atomic E-state index is 12.3. The molecule has 0 N–H and O–H groups in total. The minimum atomic E-state index is -0.589. The van der Waals surface area contributed by atoms with Gasteiger partial charge >= 0.3 is 12.2 Å². The lowest BCUT2D eigenvalue weighted by atomic mass is 9.92. The highest BCUT2D eigenvalue weighted by Gasteiger charge is 2.38. The number of nitrogens with zero attached hydrogens (tertiary/aromatic N) is 2. The van der Waals surface area contributed by atoms with Crippen LogP contribution in [0, 0.1) is 0 Å². The fraction of sp³-hybridized carbons (Fsp3) is 0.625. The van der Waals surface area contributed by atoms with Crippen molar-refractivity contribution in [3.05, 3.63) is 22.5 Å². The van der Waals surface area contributed by atoms with Crippen molar-refractivity contribution in [1.29, 1.82) is 0 Å². The number of methoxy groups -OCH3 is 2. The highest BCUT2D eigenvalue weighted by Crippen LogP contribution is 2.38. The summed E-state index contributed by atoms with van der Waals surface area (Å²) in [6.07, 6.45) is 1.64. The molecule has 0 fully saturated rings. The van der Waals surface area contributed by atoms with Crippen LogP contribution in [0.3, 0.4) is 0 Å². The Morgan fingerprint density at radius 2 is 1.05 bits per heavy atom. The Morgan fingerprint density at radius 1 is 0.727 bits per heavy atom. The van der Waals surface area contributed by atoms with Gasteiger partial charge in [-0.25, -0.2) is 9.59 Å². The first kappa shape index (κ1) is 18.1. The van der Waals surface area contributed by atoms with Gasteiger partial charge in [0, 0.05) is 0 Å². The Hall–Kier alpha value is -1.98. The maximum atomic E-state index is 12.3. The number of hydrogen-bond acceptors (Lipinski definition) is 4. The van der Waals surface area contributed by atoms with E-state index in [2.05, 4.69) is 13.8 Å². The van der Waals surface area contributed by atoms with Crippen LogP contribution in [0.5, 0.6) is 0 Å². The zero-order valence-corrected chi connectivity index (χ0v) is 14.4. The van der Waals surface area contributed by atoms with Crippen molar-refractivity contribution in [2.45, 2.75) is 53.4 Å². The predicted molar refractivity (Wildman–Crippen MR) is 83.7 cm³/mol. The first-order chi connectivity index (χ1) is 10.5. The van der Waals surface area contributed by atoms with Crippen molar-refractivity contribution in [3.63, 3.8) is 0 Å². The van der Waals surface area contributed by atoms with Crippen molar-refractivity contribution in [3.8, 4) is 0 Å². The molecule has 0 saturated heterocycles. The van der Waals surface area contributed by atoms with Gasteiger partial charge in [-0.15, -0.1) is 0 Å². The van der Waals surface area contributed by atoms with E-state index in [1.807, 2.05) is 13.8 Å². The standard InChI is InChI=1S/C16H26N2O4/c1-7-11-12(8-2)14(10-4)18(16(20)22-6)17(13(11)9-3)15(19)21-5/h7-10H2,1-6H3. The Morgan fingerprint density at radius 3 is 1.23 bits per heavy atom. The molecular weight excluding hydrogens is 284 g/mol. The van der Waals surface area contributed by atoms with Gasteiger partial charge in [-0.1, -0.05) is 27.7 Å². The lowest BCUT2D eigenvalue weighted by Crippen LogP contribution is -2.51. The molecule has 6 nitrogen and oxygen atoms in total. The minimum Gasteiger partial charge on any atom is -0.451 e. The number of amides is 2. The Kier molecular flexibility index (Phi) is 6.46. The SMILES string of the molecule is CCC1=C(CC)N(C(=O)OC)N(C(=O)OC)C(CC)=C1CC. The Balaban J connectivity index is 3.64. The number of carbonyl (C=O) groups is 2. The second-order valence-corrected chi connectivity index (χ2v) is 4.83. The number of allylic oxidation sites excluding steroid dienone is 4. The van der Waals surface area contributed by atoms with Crippen LogP contribution in [-0.4, -0.2) is 36.4 Å². The van der Waals surface area contributed by atoms with Crippen LogP contribution < -0.4 is 0 Å². The first-order valence-corrected chi connectivity index (χ1v) is 7.72. The molecule has 1 heterocycles. The average Bonchev–Trinajstić information content (AvgIpc) is 2.57. The maximum Gasteiger partial charge on any atom is 0.433 e. The molecule has 0 unspecified atom stereocenters. The summed E-state index contributed by atoms with van der Waals surface area (Å²) in [5.41, 5.74) is 3.78. The van der Waals surface area contributed by atoms with Crippen LogP contribution in [0.4, 0.5) is 9.59 Å². The van der Waals surface area contributed by atoms with E-state index in [1.54, 1.807) is 0 Å². The number of ether oxygens (including phenoxy) is 2. The minimum absolute atomic E-state index is 0.589. The summed E-state index contributed by atoms with van der Waals surface area (Å²) in [6.45, 7) is 8.02. The van der Waals surface area contributed by atoms with Crippen molar-refractivity contribution < 1.29 is 19.1 Å². The van der Waals surface area contributed by atoms with E-state index in [-0.39, 0.29) is 0 Å². The number of hydrazine groups is 1. The summed E-state index contributed by atoms with van der Waals surface area (Å²) < 4.78 is 9.76. The third-order valence-corrected chi connectivity index (χ3v) is 3.84. The van der Waals surface area contributed by atoms with E-state index in [1.165, 1.54) is 24.2 Å². The van der Waals surface area contributed by atoms with E-state index in [0.29, 0.717) is 12.8 Å². The van der Waals surface area contributed by atoms with Crippen LogP contribution in [0.15, 0.2) is 22.5 Å². The van der Waals surface area contributed by atoms with Crippen molar-refractivity contribution in [1.82, 2.24) is 10.0 Å². The third-order valence-electron chi connectivity index (χ3n) is 3.84. The first-order valence-electron chi connectivity index (χ1n) is 7.72. The molecular formula is C16H26N2O4. The lowest BCUT2D eigenvalue weighted by Gasteiger charge is -2.41. The number of carbonyl (C=O) groups excluding carboxylic acids is 2.